The van der Waals surface area contributed by atoms with Crippen LogP contribution in [0.4, 0.5) is 10.5 Å². The fourth-order valence-corrected chi connectivity index (χ4v) is 10.8. The Hall–Kier alpha value is -3.94. The molecule has 7 atom stereocenters. The summed E-state index contributed by atoms with van der Waals surface area (Å²) in [5.74, 6) is 2.24. The van der Waals surface area contributed by atoms with E-state index in [0.717, 1.165) is 42.1 Å². The molecule has 4 bridgehead atoms. The summed E-state index contributed by atoms with van der Waals surface area (Å²) in [6, 6.07) is 22.8. The number of methoxy groups -OCH3 is 1. The summed E-state index contributed by atoms with van der Waals surface area (Å²) in [6.45, 7) is 9.92. The number of rotatable bonds is 8. The summed E-state index contributed by atoms with van der Waals surface area (Å²) >= 11 is 0. The predicted molar refractivity (Wildman–Crippen MR) is 215 cm³/mol. The van der Waals surface area contributed by atoms with E-state index in [1.165, 1.54) is 18.4 Å². The molecule has 288 valence electrons. The van der Waals surface area contributed by atoms with Gasteiger partial charge in [-0.2, -0.15) is 0 Å². The molecular weight excluding hydrogens is 673 g/mol. The van der Waals surface area contributed by atoms with E-state index in [9.17, 15) is 19.8 Å². The number of ketones is 1. The number of carbonyl (C=O) groups excluding carboxylic acids is 2. The second-order valence-corrected chi connectivity index (χ2v) is 17.9. The van der Waals surface area contributed by atoms with Crippen LogP contribution in [0.5, 0.6) is 5.75 Å². The summed E-state index contributed by atoms with van der Waals surface area (Å²) < 4.78 is 5.36. The normalized spacial score (nSPS) is 30.3. The van der Waals surface area contributed by atoms with Gasteiger partial charge in [-0.05, 0) is 142 Å². The molecule has 0 aliphatic heterocycles. The monoisotopic (exact) mass is 732 g/mol. The van der Waals surface area contributed by atoms with Gasteiger partial charge in [0, 0.05) is 28.8 Å². The van der Waals surface area contributed by atoms with Crippen LogP contribution in [-0.2, 0) is 6.42 Å². The first kappa shape index (κ1) is 38.3. The van der Waals surface area contributed by atoms with Crippen molar-refractivity contribution in [3.05, 3.63) is 107 Å². The van der Waals surface area contributed by atoms with Gasteiger partial charge in [0.2, 0.25) is 0 Å². The molecule has 4 fully saturated rings. The van der Waals surface area contributed by atoms with Gasteiger partial charge in [-0.15, -0.1) is 0 Å². The lowest BCUT2D eigenvalue weighted by atomic mass is 9.45. The highest BCUT2D eigenvalue weighted by atomic mass is 16.5. The maximum atomic E-state index is 14.5. The Bertz CT molecular complexity index is 1850. The number of amides is 2. The van der Waals surface area contributed by atoms with Crippen LogP contribution in [0.2, 0.25) is 0 Å². The van der Waals surface area contributed by atoms with Gasteiger partial charge in [0.25, 0.3) is 0 Å². The molecule has 9 rings (SSSR count). The van der Waals surface area contributed by atoms with Gasteiger partial charge in [0.1, 0.15) is 5.75 Å². The Morgan fingerprint density at radius 2 is 1.70 bits per heavy atom. The highest BCUT2D eigenvalue weighted by Crippen LogP contribution is 2.62. The van der Waals surface area contributed by atoms with Gasteiger partial charge in [0.05, 0.1) is 25.4 Å². The average molecular weight is 733 g/mol. The minimum Gasteiger partial charge on any atom is -0.497 e. The number of allylic oxidation sites excluding steroid dienone is 2. The van der Waals surface area contributed by atoms with E-state index in [4.69, 9.17) is 4.74 Å². The minimum atomic E-state index is -1.21. The Balaban J connectivity index is 1.26. The first-order chi connectivity index (χ1) is 25.8. The molecule has 54 heavy (non-hydrogen) atoms. The van der Waals surface area contributed by atoms with Crippen molar-refractivity contribution in [3.63, 3.8) is 0 Å². The van der Waals surface area contributed by atoms with Crippen LogP contribution < -0.4 is 10.1 Å². The van der Waals surface area contributed by atoms with Gasteiger partial charge in [0.15, 0.2) is 5.78 Å². The van der Waals surface area contributed by atoms with Gasteiger partial charge in [-0.3, -0.25) is 4.79 Å². The maximum absolute atomic E-state index is 14.5. The molecule has 0 spiro atoms. The van der Waals surface area contributed by atoms with Gasteiger partial charge < -0.3 is 25.2 Å². The first-order valence-electron chi connectivity index (χ1n) is 20.3. The van der Waals surface area contributed by atoms with Crippen molar-refractivity contribution >= 4 is 17.5 Å². The van der Waals surface area contributed by atoms with Crippen LogP contribution in [0.25, 0.3) is 0 Å². The Morgan fingerprint density at radius 1 is 0.944 bits per heavy atom. The minimum absolute atomic E-state index is 0.0400. The lowest BCUT2D eigenvalue weighted by Gasteiger charge is -2.60. The number of urea groups is 1. The summed E-state index contributed by atoms with van der Waals surface area (Å²) in [5, 5.41) is 27.4. The van der Waals surface area contributed by atoms with Crippen LogP contribution in [0.1, 0.15) is 118 Å². The topological polar surface area (TPSA) is 99.1 Å². The zero-order valence-electron chi connectivity index (χ0n) is 32.9. The maximum Gasteiger partial charge on any atom is 0.321 e. The number of carbonyl (C=O) groups is 2. The number of anilines is 1. The molecule has 2 amide bonds. The van der Waals surface area contributed by atoms with E-state index >= 15 is 0 Å². The third-order valence-corrected chi connectivity index (χ3v) is 14.5. The van der Waals surface area contributed by atoms with Crippen LogP contribution in [0.15, 0.2) is 84.4 Å². The molecule has 0 saturated heterocycles. The van der Waals surface area contributed by atoms with E-state index in [1.54, 1.807) is 7.11 Å². The number of ether oxygens (including phenoxy) is 1. The second kappa shape index (κ2) is 15.3. The summed E-state index contributed by atoms with van der Waals surface area (Å²) in [7, 11) is 1.63. The number of nitrogens with zero attached hydrogens (tertiary/aromatic N) is 1. The summed E-state index contributed by atoms with van der Waals surface area (Å²) in [4.78, 5) is 30.7. The van der Waals surface area contributed by atoms with Crippen molar-refractivity contribution in [2.75, 3.05) is 25.5 Å². The third kappa shape index (κ3) is 7.38. The number of aliphatic hydroxyl groups excluding tert-OH is 1. The van der Waals surface area contributed by atoms with Crippen molar-refractivity contribution in [2.45, 2.75) is 110 Å². The van der Waals surface area contributed by atoms with Crippen molar-refractivity contribution in [1.82, 2.24) is 4.90 Å². The molecular formula is C47H60N2O5. The standard InChI is InChI=1S/C47H60N2O5/c1-31-10-9-24-46(4)41(39-22-14-32(26-37(50)19-13-31)27-40(39)43(51)33-11-7-6-8-12-33)23-25-47(46,53)30-49(29-34-15-16-35-28-42(34)45(35,2)3)44(52)48-36-17-20-38(54-5)21-18-36/h6-8,10-12,14,17-18,20-22,27,34-35,37,41-42,50,53H,9,13,15-16,19,23-26,28-30H2,1-5H3,(H,48,52)/t34-,35-,37-,41-,42-,46-,47+/m0/s1. The van der Waals surface area contributed by atoms with Crippen LogP contribution >= 0.6 is 0 Å². The molecule has 0 heterocycles. The summed E-state index contributed by atoms with van der Waals surface area (Å²) in [5.41, 5.74) is 3.50. The Labute approximate surface area is 322 Å². The van der Waals surface area contributed by atoms with Crippen molar-refractivity contribution in [1.29, 1.82) is 0 Å². The zero-order chi connectivity index (χ0) is 38.3. The molecule has 4 saturated carbocycles. The molecule has 6 aliphatic carbocycles. The molecule has 3 N–H and O–H groups in total. The molecule has 3 aromatic carbocycles. The molecule has 3 aromatic rings. The zero-order valence-corrected chi connectivity index (χ0v) is 32.9. The SMILES string of the molecule is COc1ccc(NC(=O)N(C[C@@H]2CC[C@H]3C[C@@H]2C3(C)C)C[C@]2(O)CC[C@H]3c4ccc(cc4C(=O)c4ccccc4)C[C@@H](O)CCC(C)=CCC[C@@]32C)cc1. The van der Waals surface area contributed by atoms with Gasteiger partial charge in [-0.1, -0.05) is 74.9 Å². The number of hydrogen-bond donors (Lipinski definition) is 3. The lowest BCUT2D eigenvalue weighted by Crippen LogP contribution is -2.58. The van der Waals surface area contributed by atoms with Crippen LogP contribution in [-0.4, -0.2) is 58.8 Å². The number of nitrogens with one attached hydrogen (secondary N) is 1. The first-order valence-corrected chi connectivity index (χ1v) is 20.3. The van der Waals surface area contributed by atoms with Gasteiger partial charge in [-0.25, -0.2) is 4.79 Å². The highest BCUT2D eigenvalue weighted by molar-refractivity contribution is 6.10. The largest absolute Gasteiger partial charge is 0.497 e. The quantitative estimate of drug-likeness (QED) is 0.158. The molecule has 0 radical (unpaired) electrons. The number of fused-ring (bicyclic) bond motifs is 10. The smallest absolute Gasteiger partial charge is 0.321 e. The van der Waals surface area contributed by atoms with E-state index in [0.29, 0.717) is 67.3 Å². The highest BCUT2D eigenvalue weighted by Gasteiger charge is 2.59. The molecule has 0 aromatic heterocycles. The fraction of sp³-hybridized carbons (Fsp3) is 0.532. The lowest BCUT2D eigenvalue weighted by molar-refractivity contribution is -0.117. The predicted octanol–water partition coefficient (Wildman–Crippen LogP) is 9.57. The fourth-order valence-electron chi connectivity index (χ4n) is 10.8. The Kier molecular flexibility index (Phi) is 10.9. The van der Waals surface area contributed by atoms with E-state index < -0.39 is 17.1 Å². The van der Waals surface area contributed by atoms with E-state index in [1.807, 2.05) is 65.6 Å². The number of hydrogen-bond acceptors (Lipinski definition) is 5. The van der Waals surface area contributed by atoms with Gasteiger partial charge >= 0.3 is 6.03 Å². The molecule has 6 aliphatic rings. The van der Waals surface area contributed by atoms with Crippen LogP contribution in [0, 0.1) is 28.6 Å². The number of benzene rings is 3. The second-order valence-electron chi connectivity index (χ2n) is 17.9. The molecule has 7 nitrogen and oxygen atoms in total. The van der Waals surface area contributed by atoms with E-state index in [-0.39, 0.29) is 29.7 Å². The third-order valence-electron chi connectivity index (χ3n) is 14.5. The molecule has 7 heteroatoms. The van der Waals surface area contributed by atoms with Crippen molar-refractivity contribution in [3.8, 4) is 5.75 Å². The average Bonchev–Trinajstić information content (AvgIpc) is 3.42. The summed E-state index contributed by atoms with van der Waals surface area (Å²) in [6.07, 6.45) is 9.85. The van der Waals surface area contributed by atoms with E-state index in [2.05, 4.69) is 51.2 Å². The molecule has 0 unspecified atom stereocenters. The van der Waals surface area contributed by atoms with Crippen LogP contribution in [0.3, 0.4) is 0 Å². The van der Waals surface area contributed by atoms with Crippen molar-refractivity contribution < 1.29 is 24.5 Å². The number of aliphatic hydroxyl groups is 2. The van der Waals surface area contributed by atoms with Crippen molar-refractivity contribution in [2.24, 2.45) is 28.6 Å². The Morgan fingerprint density at radius 3 is 2.41 bits per heavy atom.